The van der Waals surface area contributed by atoms with Crippen LogP contribution < -0.4 is 5.32 Å². The molecule has 0 radical (unpaired) electrons. The van der Waals surface area contributed by atoms with Gasteiger partial charge in [0.1, 0.15) is 0 Å². The Morgan fingerprint density at radius 3 is 2.44 bits per heavy atom. The summed E-state index contributed by atoms with van der Waals surface area (Å²) in [5, 5.41) is 7.37. The lowest BCUT2D eigenvalue weighted by Gasteiger charge is -2.33. The molecule has 2 aliphatic rings. The van der Waals surface area contributed by atoms with Crippen LogP contribution in [0.3, 0.4) is 0 Å². The zero-order valence-electron chi connectivity index (χ0n) is 15.3. The molecular weight excluding hydrogens is 318 g/mol. The van der Waals surface area contributed by atoms with Gasteiger partial charge in [-0.05, 0) is 32.8 Å². The summed E-state index contributed by atoms with van der Waals surface area (Å²) in [6, 6.07) is 0.403. The van der Waals surface area contributed by atoms with Crippen LogP contribution >= 0.6 is 0 Å². The predicted octanol–water partition coefficient (Wildman–Crippen LogP) is 0.473. The number of amides is 2. The molecule has 2 heterocycles. The van der Waals surface area contributed by atoms with E-state index in [9.17, 15) is 9.59 Å². The molecule has 0 atom stereocenters. The van der Waals surface area contributed by atoms with E-state index in [2.05, 4.69) is 15.3 Å². The van der Waals surface area contributed by atoms with Gasteiger partial charge in [-0.3, -0.25) is 19.2 Å². The molecule has 7 heteroatoms. The van der Waals surface area contributed by atoms with E-state index in [1.54, 1.807) is 6.08 Å². The number of carbonyl (C=O) groups excluding carboxylic acids is 2. The third-order valence-corrected chi connectivity index (χ3v) is 4.95. The molecule has 7 nitrogen and oxygen atoms in total. The second kappa shape index (κ2) is 7.39. The van der Waals surface area contributed by atoms with E-state index in [1.165, 1.54) is 0 Å². The molecule has 3 rings (SSSR count). The standard InChI is InChI=1S/C18H27N5O2/c1-13-16(14(2)21(3)20-13)6-7-18(25)23-10-8-22(9-11-23)12-17(24)19-15-4-5-15/h6-7,15H,4-5,8-12H2,1-3H3,(H,19,24)/b7-6+. The fourth-order valence-electron chi connectivity index (χ4n) is 3.12. The van der Waals surface area contributed by atoms with Gasteiger partial charge in [-0.15, -0.1) is 0 Å². The first-order valence-corrected chi connectivity index (χ1v) is 8.93. The SMILES string of the molecule is Cc1nn(C)c(C)c1/C=C/C(=O)N1CCN(CC(=O)NC2CC2)CC1. The Morgan fingerprint density at radius 1 is 1.20 bits per heavy atom. The van der Waals surface area contributed by atoms with Gasteiger partial charge in [0.25, 0.3) is 0 Å². The van der Waals surface area contributed by atoms with Crippen LogP contribution in [0.2, 0.25) is 0 Å². The molecule has 1 N–H and O–H groups in total. The fourth-order valence-corrected chi connectivity index (χ4v) is 3.12. The largest absolute Gasteiger partial charge is 0.352 e. The molecule has 1 saturated carbocycles. The smallest absolute Gasteiger partial charge is 0.246 e. The molecule has 25 heavy (non-hydrogen) atoms. The fraction of sp³-hybridized carbons (Fsp3) is 0.611. The van der Waals surface area contributed by atoms with Gasteiger partial charge in [0, 0.05) is 56.6 Å². The monoisotopic (exact) mass is 345 g/mol. The minimum Gasteiger partial charge on any atom is -0.352 e. The molecule has 2 amide bonds. The first kappa shape index (κ1) is 17.7. The zero-order valence-corrected chi connectivity index (χ0v) is 15.3. The topological polar surface area (TPSA) is 70.5 Å². The molecule has 0 bridgehead atoms. The van der Waals surface area contributed by atoms with E-state index in [1.807, 2.05) is 36.6 Å². The lowest BCUT2D eigenvalue weighted by atomic mass is 10.2. The van der Waals surface area contributed by atoms with Crippen LogP contribution in [0.4, 0.5) is 0 Å². The maximum Gasteiger partial charge on any atom is 0.246 e. The summed E-state index contributed by atoms with van der Waals surface area (Å²) in [6.45, 7) is 7.17. The van der Waals surface area contributed by atoms with Crippen molar-refractivity contribution in [3.8, 4) is 0 Å². The second-order valence-corrected chi connectivity index (χ2v) is 6.98. The van der Waals surface area contributed by atoms with Crippen molar-refractivity contribution in [1.29, 1.82) is 0 Å². The number of carbonyl (C=O) groups is 2. The highest BCUT2D eigenvalue weighted by Gasteiger charge is 2.25. The average Bonchev–Trinajstić information content (AvgIpc) is 3.34. The van der Waals surface area contributed by atoms with E-state index < -0.39 is 0 Å². The van der Waals surface area contributed by atoms with Crippen molar-refractivity contribution in [3.63, 3.8) is 0 Å². The molecule has 136 valence electrons. The Morgan fingerprint density at radius 2 is 1.88 bits per heavy atom. The Balaban J connectivity index is 1.47. The molecular formula is C18H27N5O2. The summed E-state index contributed by atoms with van der Waals surface area (Å²) in [6.07, 6.45) is 5.70. The van der Waals surface area contributed by atoms with E-state index in [0.717, 1.165) is 42.9 Å². The summed E-state index contributed by atoms with van der Waals surface area (Å²) in [5.74, 6) is 0.120. The van der Waals surface area contributed by atoms with E-state index in [-0.39, 0.29) is 11.8 Å². The van der Waals surface area contributed by atoms with Gasteiger partial charge in [-0.25, -0.2) is 0 Å². The van der Waals surface area contributed by atoms with Gasteiger partial charge in [0.15, 0.2) is 0 Å². The van der Waals surface area contributed by atoms with Crippen LogP contribution in [0.25, 0.3) is 6.08 Å². The maximum atomic E-state index is 12.4. The van der Waals surface area contributed by atoms with Crippen molar-refractivity contribution in [3.05, 3.63) is 23.0 Å². The molecule has 1 saturated heterocycles. The number of nitrogens with zero attached hydrogens (tertiary/aromatic N) is 4. The van der Waals surface area contributed by atoms with Gasteiger partial charge < -0.3 is 10.2 Å². The third-order valence-electron chi connectivity index (χ3n) is 4.95. The van der Waals surface area contributed by atoms with Gasteiger partial charge in [-0.2, -0.15) is 5.10 Å². The van der Waals surface area contributed by atoms with E-state index in [4.69, 9.17) is 0 Å². The molecule has 0 aromatic carbocycles. The number of nitrogens with one attached hydrogen (secondary N) is 1. The van der Waals surface area contributed by atoms with Gasteiger partial charge >= 0.3 is 0 Å². The van der Waals surface area contributed by atoms with E-state index in [0.29, 0.717) is 25.7 Å². The Bertz CT molecular complexity index is 682. The van der Waals surface area contributed by atoms with Crippen LogP contribution in [-0.4, -0.2) is 70.2 Å². The van der Waals surface area contributed by atoms with Crippen molar-refractivity contribution in [2.75, 3.05) is 32.7 Å². The number of hydrogen-bond acceptors (Lipinski definition) is 4. The number of aryl methyl sites for hydroxylation is 2. The summed E-state index contributed by atoms with van der Waals surface area (Å²) in [7, 11) is 1.90. The zero-order chi connectivity index (χ0) is 18.0. The van der Waals surface area contributed by atoms with Crippen molar-refractivity contribution >= 4 is 17.9 Å². The lowest BCUT2D eigenvalue weighted by molar-refractivity contribution is -0.128. The molecule has 0 unspecified atom stereocenters. The lowest BCUT2D eigenvalue weighted by Crippen LogP contribution is -2.51. The van der Waals surface area contributed by atoms with Gasteiger partial charge in [-0.1, -0.05) is 0 Å². The molecule has 1 aromatic rings. The van der Waals surface area contributed by atoms with Crippen LogP contribution in [0.5, 0.6) is 0 Å². The highest BCUT2D eigenvalue weighted by molar-refractivity contribution is 5.92. The summed E-state index contributed by atoms with van der Waals surface area (Å²) in [4.78, 5) is 28.2. The number of hydrogen-bond donors (Lipinski definition) is 1. The maximum absolute atomic E-state index is 12.4. The van der Waals surface area contributed by atoms with Crippen molar-refractivity contribution in [2.45, 2.75) is 32.7 Å². The molecule has 1 aliphatic carbocycles. The third kappa shape index (κ3) is 4.48. The van der Waals surface area contributed by atoms with Crippen LogP contribution in [0, 0.1) is 13.8 Å². The molecule has 1 aromatic heterocycles. The van der Waals surface area contributed by atoms with Crippen LogP contribution in [-0.2, 0) is 16.6 Å². The second-order valence-electron chi connectivity index (χ2n) is 6.98. The molecule has 0 spiro atoms. The first-order valence-electron chi connectivity index (χ1n) is 8.93. The average molecular weight is 345 g/mol. The number of piperazine rings is 1. The molecule has 2 fully saturated rings. The quantitative estimate of drug-likeness (QED) is 0.788. The molecule has 1 aliphatic heterocycles. The van der Waals surface area contributed by atoms with Crippen molar-refractivity contribution in [1.82, 2.24) is 24.9 Å². The number of aromatic nitrogens is 2. The summed E-state index contributed by atoms with van der Waals surface area (Å²) in [5.41, 5.74) is 2.98. The highest BCUT2D eigenvalue weighted by Crippen LogP contribution is 2.18. The minimum absolute atomic E-state index is 0.0183. The number of rotatable bonds is 5. The predicted molar refractivity (Wildman–Crippen MR) is 95.9 cm³/mol. The van der Waals surface area contributed by atoms with Crippen LogP contribution in [0.15, 0.2) is 6.08 Å². The van der Waals surface area contributed by atoms with Gasteiger partial charge in [0.2, 0.25) is 11.8 Å². The summed E-state index contributed by atoms with van der Waals surface area (Å²) < 4.78 is 1.82. The normalized spacial score (nSPS) is 18.8. The Kier molecular flexibility index (Phi) is 5.22. The minimum atomic E-state index is 0.0183. The highest BCUT2D eigenvalue weighted by atomic mass is 16.2. The van der Waals surface area contributed by atoms with Crippen molar-refractivity contribution < 1.29 is 9.59 Å². The van der Waals surface area contributed by atoms with Crippen LogP contribution in [0.1, 0.15) is 29.8 Å². The van der Waals surface area contributed by atoms with Crippen molar-refractivity contribution in [2.24, 2.45) is 7.05 Å². The Hall–Kier alpha value is -2.15. The van der Waals surface area contributed by atoms with Gasteiger partial charge in [0.05, 0.1) is 12.2 Å². The first-order chi connectivity index (χ1) is 11.9. The summed E-state index contributed by atoms with van der Waals surface area (Å²) >= 11 is 0. The Labute approximate surface area is 148 Å². The van der Waals surface area contributed by atoms with E-state index >= 15 is 0 Å².